The molecule has 1 saturated heterocycles. The van der Waals surface area contributed by atoms with Crippen molar-refractivity contribution in [2.75, 3.05) is 13.2 Å². The molecule has 1 heterocycles. The second-order valence-corrected chi connectivity index (χ2v) is 3.64. The Labute approximate surface area is 123 Å². The zero-order valence-corrected chi connectivity index (χ0v) is 10.9. The van der Waals surface area contributed by atoms with Crippen LogP contribution in [-0.4, -0.2) is 58.8 Å². The number of aliphatic carboxylic acids is 2. The Morgan fingerprint density at radius 2 is 1.30 bits per heavy atom. The molecule has 0 spiro atoms. The lowest BCUT2D eigenvalue weighted by Gasteiger charge is -2.01. The van der Waals surface area contributed by atoms with Gasteiger partial charge in [-0.2, -0.15) is 26.3 Å². The fraction of sp³-hybridized carbons (Fsp3) is 0.667. The third-order valence-electron chi connectivity index (χ3n) is 1.90. The summed E-state index contributed by atoms with van der Waals surface area (Å²) in [5.41, 5.74) is 1.59. The first-order valence-electron chi connectivity index (χ1n) is 5.35. The lowest BCUT2D eigenvalue weighted by molar-refractivity contribution is -0.193. The van der Waals surface area contributed by atoms with Crippen LogP contribution in [0.1, 0.15) is 6.42 Å². The van der Waals surface area contributed by atoms with Crippen LogP contribution in [-0.2, 0) is 19.1 Å². The number of carbonyl (C=O) groups excluding carboxylic acids is 1. The molecule has 14 heteroatoms. The summed E-state index contributed by atoms with van der Waals surface area (Å²) in [4.78, 5) is 28.4. The number of ether oxygens (including phenoxy) is 1. The van der Waals surface area contributed by atoms with E-state index in [1.54, 1.807) is 5.48 Å². The number of alkyl halides is 6. The van der Waals surface area contributed by atoms with Crippen LogP contribution in [0.25, 0.3) is 0 Å². The van der Waals surface area contributed by atoms with Crippen molar-refractivity contribution in [2.45, 2.75) is 18.8 Å². The number of amides is 1. The van der Waals surface area contributed by atoms with Crippen molar-refractivity contribution in [3.05, 3.63) is 0 Å². The molecule has 1 rings (SSSR count). The fourth-order valence-corrected chi connectivity index (χ4v) is 0.833. The number of halogens is 6. The number of carboxylic acid groups (broad SMARTS) is 2. The monoisotopic (exact) mass is 359 g/mol. The minimum absolute atomic E-state index is 0.144. The van der Waals surface area contributed by atoms with Crippen molar-refractivity contribution in [3.8, 4) is 0 Å². The normalized spacial score (nSPS) is 17.1. The van der Waals surface area contributed by atoms with Crippen LogP contribution < -0.4 is 5.48 Å². The number of nitrogens with one attached hydrogen (secondary N) is 1. The Morgan fingerprint density at radius 3 is 1.48 bits per heavy atom. The van der Waals surface area contributed by atoms with E-state index in [4.69, 9.17) is 29.7 Å². The molecule has 0 aromatic rings. The lowest BCUT2D eigenvalue weighted by Crippen LogP contribution is -2.27. The first kappa shape index (κ1) is 23.2. The zero-order valence-electron chi connectivity index (χ0n) is 10.9. The average molecular weight is 359 g/mol. The third-order valence-corrected chi connectivity index (χ3v) is 1.90. The summed E-state index contributed by atoms with van der Waals surface area (Å²) in [5, 5.41) is 22.4. The summed E-state index contributed by atoms with van der Waals surface area (Å²) in [6.07, 6.45) is -9.45. The van der Waals surface area contributed by atoms with Gasteiger partial charge in [-0.3, -0.25) is 10.0 Å². The summed E-state index contributed by atoms with van der Waals surface area (Å²) in [7, 11) is 0. The van der Waals surface area contributed by atoms with Crippen molar-refractivity contribution in [1.29, 1.82) is 0 Å². The van der Waals surface area contributed by atoms with E-state index in [-0.39, 0.29) is 11.8 Å². The summed E-state index contributed by atoms with van der Waals surface area (Å²) < 4.78 is 68.4. The molecule has 1 unspecified atom stereocenters. The Morgan fingerprint density at radius 1 is 0.957 bits per heavy atom. The van der Waals surface area contributed by atoms with Gasteiger partial charge in [-0.15, -0.1) is 0 Å². The molecule has 1 atom stereocenters. The molecule has 136 valence electrons. The number of carboxylic acids is 2. The van der Waals surface area contributed by atoms with Crippen LogP contribution in [0.5, 0.6) is 0 Å². The van der Waals surface area contributed by atoms with Crippen LogP contribution in [0, 0.1) is 5.92 Å². The number of hydrogen-bond donors (Lipinski definition) is 4. The summed E-state index contributed by atoms with van der Waals surface area (Å²) >= 11 is 0. The minimum atomic E-state index is -5.08. The van der Waals surface area contributed by atoms with Gasteiger partial charge in [-0.05, 0) is 6.42 Å². The maximum atomic E-state index is 10.6. The number of carbonyl (C=O) groups is 3. The SMILES string of the molecule is O=C(NO)C1CCOC1.O=C(O)C(F)(F)F.O=C(O)C(F)(F)F. The van der Waals surface area contributed by atoms with Crippen LogP contribution in [0.2, 0.25) is 0 Å². The van der Waals surface area contributed by atoms with Gasteiger partial charge in [0.15, 0.2) is 0 Å². The molecule has 0 saturated carbocycles. The Balaban J connectivity index is 0. The Hall–Kier alpha value is -2.09. The van der Waals surface area contributed by atoms with Gasteiger partial charge in [0, 0.05) is 6.61 Å². The third kappa shape index (κ3) is 12.2. The van der Waals surface area contributed by atoms with Crippen molar-refractivity contribution >= 4 is 17.8 Å². The molecule has 1 aliphatic rings. The quantitative estimate of drug-likeness (QED) is 0.309. The van der Waals surface area contributed by atoms with E-state index in [2.05, 4.69) is 0 Å². The van der Waals surface area contributed by atoms with Crippen LogP contribution in [0.15, 0.2) is 0 Å². The summed E-state index contributed by atoms with van der Waals surface area (Å²) in [6, 6.07) is 0. The van der Waals surface area contributed by atoms with Gasteiger partial charge in [-0.25, -0.2) is 15.1 Å². The lowest BCUT2D eigenvalue weighted by atomic mass is 10.1. The molecule has 0 aromatic heterocycles. The smallest absolute Gasteiger partial charge is 0.475 e. The van der Waals surface area contributed by atoms with Gasteiger partial charge in [0.05, 0.1) is 12.5 Å². The predicted octanol–water partition coefficient (Wildman–Crippen LogP) is 0.795. The first-order chi connectivity index (χ1) is 10.2. The van der Waals surface area contributed by atoms with E-state index in [0.717, 1.165) is 0 Å². The molecule has 0 aromatic carbocycles. The van der Waals surface area contributed by atoms with Crippen LogP contribution >= 0.6 is 0 Å². The predicted molar refractivity (Wildman–Crippen MR) is 56.2 cm³/mol. The molecular formula is C9H11F6NO7. The van der Waals surface area contributed by atoms with Gasteiger partial charge in [-0.1, -0.05) is 0 Å². The van der Waals surface area contributed by atoms with Crippen molar-refractivity contribution in [3.63, 3.8) is 0 Å². The number of hydrogen-bond acceptors (Lipinski definition) is 5. The van der Waals surface area contributed by atoms with Gasteiger partial charge in [0.25, 0.3) is 0 Å². The summed E-state index contributed by atoms with van der Waals surface area (Å²) in [6.45, 7) is 1.06. The highest BCUT2D eigenvalue weighted by molar-refractivity contribution is 5.77. The van der Waals surface area contributed by atoms with Crippen LogP contribution in [0.3, 0.4) is 0 Å². The molecule has 4 N–H and O–H groups in total. The van der Waals surface area contributed by atoms with E-state index in [1.807, 2.05) is 0 Å². The summed E-state index contributed by atoms with van der Waals surface area (Å²) in [5.74, 6) is -6.00. The van der Waals surface area contributed by atoms with E-state index in [9.17, 15) is 31.1 Å². The molecule has 1 fully saturated rings. The molecule has 0 aliphatic carbocycles. The van der Waals surface area contributed by atoms with Gasteiger partial charge >= 0.3 is 24.3 Å². The first-order valence-corrected chi connectivity index (χ1v) is 5.35. The van der Waals surface area contributed by atoms with Gasteiger partial charge in [0.1, 0.15) is 0 Å². The molecule has 0 radical (unpaired) electrons. The molecule has 1 aliphatic heterocycles. The molecule has 8 nitrogen and oxygen atoms in total. The van der Waals surface area contributed by atoms with Crippen molar-refractivity contribution in [1.82, 2.24) is 5.48 Å². The Kier molecular flexibility index (Phi) is 9.91. The molecule has 0 bridgehead atoms. The second-order valence-electron chi connectivity index (χ2n) is 3.64. The van der Waals surface area contributed by atoms with Gasteiger partial charge < -0.3 is 14.9 Å². The van der Waals surface area contributed by atoms with E-state index >= 15 is 0 Å². The van der Waals surface area contributed by atoms with E-state index in [1.165, 1.54) is 0 Å². The van der Waals surface area contributed by atoms with E-state index < -0.39 is 24.3 Å². The maximum absolute atomic E-state index is 10.6. The maximum Gasteiger partial charge on any atom is 0.490 e. The van der Waals surface area contributed by atoms with Crippen molar-refractivity contribution in [2.24, 2.45) is 5.92 Å². The standard InChI is InChI=1S/C5H9NO3.2C2HF3O2/c7-5(6-8)4-1-2-9-3-4;2*3-2(4,5)1(6)7/h4,8H,1-3H2,(H,6,7);2*(H,6,7). The number of hydroxylamine groups is 1. The highest BCUT2D eigenvalue weighted by atomic mass is 19.4. The number of rotatable bonds is 1. The molecular weight excluding hydrogens is 348 g/mol. The zero-order chi connectivity index (χ0) is 18.8. The average Bonchev–Trinajstić information content (AvgIpc) is 2.90. The van der Waals surface area contributed by atoms with Gasteiger partial charge in [0.2, 0.25) is 5.91 Å². The molecule has 1 amide bonds. The fourth-order valence-electron chi connectivity index (χ4n) is 0.833. The minimum Gasteiger partial charge on any atom is -0.475 e. The van der Waals surface area contributed by atoms with E-state index in [0.29, 0.717) is 19.6 Å². The van der Waals surface area contributed by atoms with Crippen molar-refractivity contribution < 1.29 is 60.9 Å². The second kappa shape index (κ2) is 9.83. The highest BCUT2D eigenvalue weighted by Gasteiger charge is 2.38. The molecule has 23 heavy (non-hydrogen) atoms. The largest absolute Gasteiger partial charge is 0.490 e. The Bertz CT molecular complexity index is 378. The highest BCUT2D eigenvalue weighted by Crippen LogP contribution is 2.13. The topological polar surface area (TPSA) is 133 Å². The van der Waals surface area contributed by atoms with Crippen LogP contribution in [0.4, 0.5) is 26.3 Å².